The molecule has 1 aromatic rings. The lowest BCUT2D eigenvalue weighted by atomic mass is 10.1. The fourth-order valence-corrected chi connectivity index (χ4v) is 2.12. The zero-order valence-electron chi connectivity index (χ0n) is 10.6. The van der Waals surface area contributed by atoms with Gasteiger partial charge in [-0.1, -0.05) is 18.2 Å². The van der Waals surface area contributed by atoms with E-state index in [9.17, 15) is 0 Å². The lowest BCUT2D eigenvalue weighted by Crippen LogP contribution is -2.27. The van der Waals surface area contributed by atoms with Gasteiger partial charge in [-0.25, -0.2) is 0 Å². The highest BCUT2D eigenvalue weighted by atomic mass is 16.5. The van der Waals surface area contributed by atoms with Crippen molar-refractivity contribution in [2.24, 2.45) is 0 Å². The first-order valence-electron chi connectivity index (χ1n) is 6.35. The molecule has 1 saturated heterocycles. The molecule has 1 aromatic carbocycles. The number of anilines is 1. The van der Waals surface area contributed by atoms with Gasteiger partial charge in [-0.15, -0.1) is 0 Å². The Morgan fingerprint density at radius 3 is 2.94 bits per heavy atom. The Balaban J connectivity index is 2.03. The Morgan fingerprint density at radius 1 is 1.41 bits per heavy atom. The molecular formula is C14H21NO2. The van der Waals surface area contributed by atoms with Crippen molar-refractivity contribution in [3.63, 3.8) is 0 Å². The van der Waals surface area contributed by atoms with Crippen LogP contribution < -0.4 is 5.32 Å². The third-order valence-electron chi connectivity index (χ3n) is 3.20. The first kappa shape index (κ1) is 12.4. The maximum absolute atomic E-state index is 5.56. The molecule has 0 saturated carbocycles. The number of nitrogens with one attached hydrogen (secondary N) is 1. The predicted octanol–water partition coefficient (Wildman–Crippen LogP) is 2.81. The van der Waals surface area contributed by atoms with E-state index < -0.39 is 0 Å². The second-order valence-electron chi connectivity index (χ2n) is 4.41. The van der Waals surface area contributed by atoms with Crippen molar-refractivity contribution < 1.29 is 9.47 Å². The summed E-state index contributed by atoms with van der Waals surface area (Å²) < 4.78 is 11.0. The summed E-state index contributed by atoms with van der Waals surface area (Å²) in [4.78, 5) is 0. The number of hydrogen-bond acceptors (Lipinski definition) is 3. The molecule has 3 heteroatoms. The largest absolute Gasteiger partial charge is 0.379 e. The van der Waals surface area contributed by atoms with Crippen LogP contribution in [-0.4, -0.2) is 25.4 Å². The molecule has 1 aliphatic heterocycles. The topological polar surface area (TPSA) is 30.5 Å². The quantitative estimate of drug-likeness (QED) is 0.851. The summed E-state index contributed by atoms with van der Waals surface area (Å²) in [6, 6.07) is 8.74. The van der Waals surface area contributed by atoms with Gasteiger partial charge >= 0.3 is 0 Å². The fraction of sp³-hybridized carbons (Fsp3) is 0.571. The van der Waals surface area contributed by atoms with Gasteiger partial charge < -0.3 is 14.8 Å². The second kappa shape index (κ2) is 6.03. The molecule has 0 radical (unpaired) electrons. The van der Waals surface area contributed by atoms with Crippen LogP contribution in [0.5, 0.6) is 0 Å². The summed E-state index contributed by atoms with van der Waals surface area (Å²) in [6.07, 6.45) is 1.36. The molecule has 0 aromatic heterocycles. The monoisotopic (exact) mass is 235 g/mol. The van der Waals surface area contributed by atoms with Gasteiger partial charge in [-0.05, 0) is 26.3 Å². The molecule has 0 aliphatic carbocycles. The first-order valence-corrected chi connectivity index (χ1v) is 6.35. The Labute approximate surface area is 103 Å². The van der Waals surface area contributed by atoms with Crippen molar-refractivity contribution in [1.29, 1.82) is 0 Å². The minimum Gasteiger partial charge on any atom is -0.379 e. The van der Waals surface area contributed by atoms with Gasteiger partial charge in [0.2, 0.25) is 0 Å². The molecule has 3 nitrogen and oxygen atoms in total. The van der Waals surface area contributed by atoms with Gasteiger partial charge in [0.05, 0.1) is 18.8 Å². The number of hydrogen-bond donors (Lipinski definition) is 1. The number of rotatable bonds is 5. The molecule has 1 fully saturated rings. The summed E-state index contributed by atoms with van der Waals surface area (Å²) >= 11 is 0. The van der Waals surface area contributed by atoms with Crippen LogP contribution in [0.4, 0.5) is 5.69 Å². The first-order chi connectivity index (χ1) is 8.31. The van der Waals surface area contributed by atoms with Crippen molar-refractivity contribution in [1.82, 2.24) is 0 Å². The SMILES string of the molecule is CCOCc1ccccc1NC1CCOC1C. The van der Waals surface area contributed by atoms with E-state index in [4.69, 9.17) is 9.47 Å². The highest BCUT2D eigenvalue weighted by Crippen LogP contribution is 2.22. The zero-order chi connectivity index (χ0) is 12.1. The van der Waals surface area contributed by atoms with Crippen LogP contribution in [0.15, 0.2) is 24.3 Å². The standard InChI is InChI=1S/C14H21NO2/c1-3-16-10-12-6-4-5-7-14(12)15-13-8-9-17-11(13)2/h4-7,11,13,15H,3,8-10H2,1-2H3. The van der Waals surface area contributed by atoms with Crippen LogP contribution >= 0.6 is 0 Å². The maximum Gasteiger partial charge on any atom is 0.0748 e. The van der Waals surface area contributed by atoms with Crippen LogP contribution in [0.1, 0.15) is 25.8 Å². The van der Waals surface area contributed by atoms with Gasteiger partial charge in [0.15, 0.2) is 0 Å². The van der Waals surface area contributed by atoms with Gasteiger partial charge in [0, 0.05) is 24.5 Å². The molecule has 2 atom stereocenters. The van der Waals surface area contributed by atoms with Crippen molar-refractivity contribution in [2.75, 3.05) is 18.5 Å². The normalized spacial score (nSPS) is 23.9. The van der Waals surface area contributed by atoms with E-state index in [1.54, 1.807) is 0 Å². The van der Waals surface area contributed by atoms with Crippen LogP contribution in [0.3, 0.4) is 0 Å². The molecule has 0 bridgehead atoms. The number of ether oxygens (including phenoxy) is 2. The average molecular weight is 235 g/mol. The van der Waals surface area contributed by atoms with Crippen molar-refractivity contribution in [3.8, 4) is 0 Å². The molecule has 1 N–H and O–H groups in total. The third-order valence-corrected chi connectivity index (χ3v) is 3.20. The molecule has 1 heterocycles. The van der Waals surface area contributed by atoms with Crippen LogP contribution in [0.25, 0.3) is 0 Å². The molecule has 0 spiro atoms. The highest BCUT2D eigenvalue weighted by Gasteiger charge is 2.24. The highest BCUT2D eigenvalue weighted by molar-refractivity contribution is 5.51. The third kappa shape index (κ3) is 3.20. The van der Waals surface area contributed by atoms with E-state index >= 15 is 0 Å². The van der Waals surface area contributed by atoms with Crippen molar-refractivity contribution in [3.05, 3.63) is 29.8 Å². The summed E-state index contributed by atoms with van der Waals surface area (Å²) in [6.45, 7) is 6.41. The molecule has 0 amide bonds. The Hall–Kier alpha value is -1.06. The van der Waals surface area contributed by atoms with E-state index in [1.165, 1.54) is 11.3 Å². The Morgan fingerprint density at radius 2 is 2.24 bits per heavy atom. The van der Waals surface area contributed by atoms with Gasteiger partial charge in [-0.3, -0.25) is 0 Å². The van der Waals surface area contributed by atoms with Crippen LogP contribution in [0.2, 0.25) is 0 Å². The molecule has 2 rings (SSSR count). The van der Waals surface area contributed by atoms with Crippen molar-refractivity contribution >= 4 is 5.69 Å². The fourth-order valence-electron chi connectivity index (χ4n) is 2.12. The predicted molar refractivity (Wildman–Crippen MR) is 69.2 cm³/mol. The van der Waals surface area contributed by atoms with E-state index in [2.05, 4.69) is 30.4 Å². The average Bonchev–Trinajstić information content (AvgIpc) is 2.74. The minimum atomic E-state index is 0.287. The van der Waals surface area contributed by atoms with Gasteiger partial charge in [0.25, 0.3) is 0 Å². The van der Waals surface area contributed by atoms with E-state index in [0.29, 0.717) is 12.6 Å². The molecule has 1 aliphatic rings. The molecule has 17 heavy (non-hydrogen) atoms. The lowest BCUT2D eigenvalue weighted by Gasteiger charge is -2.19. The summed E-state index contributed by atoms with van der Waals surface area (Å²) in [5.74, 6) is 0. The summed E-state index contributed by atoms with van der Waals surface area (Å²) in [5.41, 5.74) is 2.39. The van der Waals surface area contributed by atoms with Crippen molar-refractivity contribution in [2.45, 2.75) is 39.0 Å². The van der Waals surface area contributed by atoms with E-state index in [0.717, 1.165) is 19.6 Å². The lowest BCUT2D eigenvalue weighted by molar-refractivity contribution is 0.121. The minimum absolute atomic E-state index is 0.287. The van der Waals surface area contributed by atoms with E-state index in [-0.39, 0.29) is 6.10 Å². The van der Waals surface area contributed by atoms with Gasteiger partial charge in [0.1, 0.15) is 0 Å². The Bertz CT molecular complexity index is 354. The number of benzene rings is 1. The maximum atomic E-state index is 5.56. The van der Waals surface area contributed by atoms with E-state index in [1.807, 2.05) is 13.0 Å². The summed E-state index contributed by atoms with van der Waals surface area (Å²) in [5, 5.41) is 3.56. The summed E-state index contributed by atoms with van der Waals surface area (Å²) in [7, 11) is 0. The Kier molecular flexibility index (Phi) is 4.40. The molecule has 2 unspecified atom stereocenters. The second-order valence-corrected chi connectivity index (χ2v) is 4.41. The molecular weight excluding hydrogens is 214 g/mol. The number of para-hydroxylation sites is 1. The van der Waals surface area contributed by atoms with Crippen LogP contribution in [-0.2, 0) is 16.1 Å². The van der Waals surface area contributed by atoms with Crippen LogP contribution in [0, 0.1) is 0 Å². The smallest absolute Gasteiger partial charge is 0.0748 e. The molecule has 94 valence electrons. The van der Waals surface area contributed by atoms with Gasteiger partial charge in [-0.2, -0.15) is 0 Å². The zero-order valence-corrected chi connectivity index (χ0v) is 10.6.